The molecule has 94 valence electrons. The molecule has 0 saturated carbocycles. The average molecular weight is 244 g/mol. The maximum absolute atomic E-state index is 11.5. The van der Waals surface area contributed by atoms with Gasteiger partial charge in [-0.05, 0) is 24.3 Å². The van der Waals surface area contributed by atoms with Crippen molar-refractivity contribution in [2.24, 2.45) is 0 Å². The minimum Gasteiger partial charge on any atom is -0.399 e. The normalized spacial score (nSPS) is 10.3. The van der Waals surface area contributed by atoms with Crippen LogP contribution in [-0.2, 0) is 4.79 Å². The summed E-state index contributed by atoms with van der Waals surface area (Å²) in [4.78, 5) is 17.3. The first-order valence-corrected chi connectivity index (χ1v) is 5.66. The number of pyridine rings is 1. The van der Waals surface area contributed by atoms with E-state index < -0.39 is 0 Å². The van der Waals surface area contributed by atoms with Crippen molar-refractivity contribution in [3.63, 3.8) is 0 Å². The van der Waals surface area contributed by atoms with Gasteiger partial charge in [0.05, 0.1) is 12.1 Å². The third kappa shape index (κ3) is 2.51. The molecule has 2 aromatic rings. The number of rotatable bonds is 3. The van der Waals surface area contributed by atoms with Gasteiger partial charge in [0.1, 0.15) is 0 Å². The molecule has 1 amide bonds. The second-order valence-corrected chi connectivity index (χ2v) is 4.28. The van der Waals surface area contributed by atoms with Gasteiger partial charge in [-0.3, -0.25) is 9.78 Å². The van der Waals surface area contributed by atoms with Crippen LogP contribution in [0.25, 0.3) is 10.9 Å². The maximum Gasteiger partial charge on any atom is 0.241 e. The van der Waals surface area contributed by atoms with Crippen LogP contribution in [0.1, 0.15) is 0 Å². The number of nitrogen functional groups attached to an aromatic ring is 1. The van der Waals surface area contributed by atoms with Crippen molar-refractivity contribution in [1.29, 1.82) is 0 Å². The zero-order valence-corrected chi connectivity index (χ0v) is 10.5. The Kier molecular flexibility index (Phi) is 3.32. The molecule has 0 saturated heterocycles. The Morgan fingerprint density at radius 2 is 2.17 bits per heavy atom. The lowest BCUT2D eigenvalue weighted by molar-refractivity contribution is -0.126. The van der Waals surface area contributed by atoms with Crippen molar-refractivity contribution in [1.82, 2.24) is 9.88 Å². The van der Waals surface area contributed by atoms with Gasteiger partial charge in [-0.15, -0.1) is 0 Å². The summed E-state index contributed by atoms with van der Waals surface area (Å²) in [5.74, 6) is 0.0235. The Bertz CT molecular complexity index is 580. The first kappa shape index (κ1) is 12.2. The molecule has 0 bridgehead atoms. The zero-order valence-electron chi connectivity index (χ0n) is 10.5. The van der Waals surface area contributed by atoms with E-state index in [9.17, 15) is 4.79 Å². The van der Waals surface area contributed by atoms with E-state index in [1.54, 1.807) is 25.2 Å². The Hall–Kier alpha value is -2.30. The standard InChI is InChI=1S/C13H16N4O/c1-17(2)13(18)8-16-11-5-6-15-12-7-9(14)3-4-10(11)12/h3-7H,8,14H2,1-2H3,(H,15,16). The molecule has 18 heavy (non-hydrogen) atoms. The molecule has 0 fully saturated rings. The van der Waals surface area contributed by atoms with Gasteiger partial charge in [-0.2, -0.15) is 0 Å². The van der Waals surface area contributed by atoms with E-state index in [4.69, 9.17) is 5.73 Å². The van der Waals surface area contributed by atoms with Gasteiger partial charge in [-0.1, -0.05) is 0 Å². The van der Waals surface area contributed by atoms with Crippen LogP contribution >= 0.6 is 0 Å². The fourth-order valence-electron chi connectivity index (χ4n) is 1.65. The summed E-state index contributed by atoms with van der Waals surface area (Å²) in [5, 5.41) is 4.07. The van der Waals surface area contributed by atoms with Gasteiger partial charge in [0.25, 0.3) is 0 Å². The van der Waals surface area contributed by atoms with E-state index in [2.05, 4.69) is 10.3 Å². The highest BCUT2D eigenvalue weighted by Crippen LogP contribution is 2.22. The van der Waals surface area contributed by atoms with E-state index in [1.165, 1.54) is 0 Å². The number of hydrogen-bond donors (Lipinski definition) is 2. The van der Waals surface area contributed by atoms with Crippen LogP contribution < -0.4 is 11.1 Å². The number of carbonyl (C=O) groups excluding carboxylic acids is 1. The molecular weight excluding hydrogens is 228 g/mol. The van der Waals surface area contributed by atoms with Gasteiger partial charge in [0.15, 0.2) is 0 Å². The average Bonchev–Trinajstić information content (AvgIpc) is 2.35. The van der Waals surface area contributed by atoms with Crippen LogP contribution in [0.2, 0.25) is 0 Å². The van der Waals surface area contributed by atoms with Gasteiger partial charge in [0, 0.05) is 37.1 Å². The summed E-state index contributed by atoms with van der Waals surface area (Å²) in [6.07, 6.45) is 1.70. The Labute approximate surface area is 106 Å². The number of carbonyl (C=O) groups is 1. The van der Waals surface area contributed by atoms with E-state index in [0.29, 0.717) is 5.69 Å². The number of anilines is 2. The molecule has 0 aliphatic rings. The van der Waals surface area contributed by atoms with E-state index in [1.807, 2.05) is 24.3 Å². The summed E-state index contributed by atoms with van der Waals surface area (Å²) < 4.78 is 0. The second-order valence-electron chi connectivity index (χ2n) is 4.28. The van der Waals surface area contributed by atoms with Gasteiger partial charge in [0.2, 0.25) is 5.91 Å². The SMILES string of the molecule is CN(C)C(=O)CNc1ccnc2cc(N)ccc12. The van der Waals surface area contributed by atoms with Crippen molar-refractivity contribution in [2.75, 3.05) is 31.7 Å². The molecule has 0 radical (unpaired) electrons. The lowest BCUT2D eigenvalue weighted by Crippen LogP contribution is -2.28. The van der Waals surface area contributed by atoms with E-state index in [0.717, 1.165) is 16.6 Å². The number of benzene rings is 1. The van der Waals surface area contributed by atoms with Crippen LogP contribution in [-0.4, -0.2) is 36.4 Å². The third-order valence-electron chi connectivity index (χ3n) is 2.70. The fourth-order valence-corrected chi connectivity index (χ4v) is 1.65. The first-order chi connectivity index (χ1) is 8.58. The topological polar surface area (TPSA) is 71.2 Å². The molecule has 0 spiro atoms. The number of nitrogens with zero attached hydrogens (tertiary/aromatic N) is 2. The predicted octanol–water partition coefficient (Wildman–Crippen LogP) is 1.32. The summed E-state index contributed by atoms with van der Waals surface area (Å²) in [5.41, 5.74) is 8.09. The molecule has 5 nitrogen and oxygen atoms in total. The van der Waals surface area contributed by atoms with Crippen LogP contribution in [0.15, 0.2) is 30.5 Å². The monoisotopic (exact) mass is 244 g/mol. The molecule has 3 N–H and O–H groups in total. The minimum atomic E-state index is 0.0235. The summed E-state index contributed by atoms with van der Waals surface area (Å²) in [6, 6.07) is 7.39. The number of hydrogen-bond acceptors (Lipinski definition) is 4. The number of likely N-dealkylation sites (N-methyl/N-ethyl adjacent to an activating group) is 1. The zero-order chi connectivity index (χ0) is 13.1. The maximum atomic E-state index is 11.5. The predicted molar refractivity (Wildman–Crippen MR) is 73.3 cm³/mol. The summed E-state index contributed by atoms with van der Waals surface area (Å²) in [7, 11) is 3.46. The van der Waals surface area contributed by atoms with Gasteiger partial charge in [-0.25, -0.2) is 0 Å². The minimum absolute atomic E-state index is 0.0235. The molecule has 1 aromatic carbocycles. The number of amides is 1. The van der Waals surface area contributed by atoms with Crippen molar-refractivity contribution < 1.29 is 4.79 Å². The molecular formula is C13H16N4O. The Balaban J connectivity index is 2.26. The first-order valence-electron chi connectivity index (χ1n) is 5.66. The van der Waals surface area contributed by atoms with Crippen molar-refractivity contribution in [2.45, 2.75) is 0 Å². The molecule has 2 rings (SSSR count). The van der Waals surface area contributed by atoms with Crippen LogP contribution in [0.4, 0.5) is 11.4 Å². The molecule has 5 heteroatoms. The highest BCUT2D eigenvalue weighted by atomic mass is 16.2. The smallest absolute Gasteiger partial charge is 0.241 e. The number of nitrogens with two attached hydrogens (primary N) is 1. The molecule has 0 atom stereocenters. The fraction of sp³-hybridized carbons (Fsp3) is 0.231. The Morgan fingerprint density at radius 1 is 1.39 bits per heavy atom. The van der Waals surface area contributed by atoms with Gasteiger partial charge < -0.3 is 16.0 Å². The lowest BCUT2D eigenvalue weighted by Gasteiger charge is -2.13. The number of fused-ring (bicyclic) bond motifs is 1. The quantitative estimate of drug-likeness (QED) is 0.799. The molecule has 0 aliphatic carbocycles. The van der Waals surface area contributed by atoms with Crippen LogP contribution in [0, 0.1) is 0 Å². The van der Waals surface area contributed by atoms with E-state index >= 15 is 0 Å². The van der Waals surface area contributed by atoms with Crippen molar-refractivity contribution in [3.05, 3.63) is 30.5 Å². The second kappa shape index (κ2) is 4.91. The lowest BCUT2D eigenvalue weighted by atomic mass is 10.1. The highest BCUT2D eigenvalue weighted by molar-refractivity contribution is 5.94. The molecule has 1 heterocycles. The van der Waals surface area contributed by atoms with E-state index in [-0.39, 0.29) is 12.5 Å². The Morgan fingerprint density at radius 3 is 2.89 bits per heavy atom. The molecule has 1 aromatic heterocycles. The summed E-state index contributed by atoms with van der Waals surface area (Å²) >= 11 is 0. The number of aromatic nitrogens is 1. The summed E-state index contributed by atoms with van der Waals surface area (Å²) in [6.45, 7) is 0.260. The molecule has 0 unspecified atom stereocenters. The number of nitrogens with one attached hydrogen (secondary N) is 1. The van der Waals surface area contributed by atoms with Crippen LogP contribution in [0.3, 0.4) is 0 Å². The highest BCUT2D eigenvalue weighted by Gasteiger charge is 2.06. The molecule has 0 aliphatic heterocycles. The van der Waals surface area contributed by atoms with Crippen molar-refractivity contribution in [3.8, 4) is 0 Å². The van der Waals surface area contributed by atoms with Gasteiger partial charge >= 0.3 is 0 Å². The third-order valence-corrected chi connectivity index (χ3v) is 2.70. The largest absolute Gasteiger partial charge is 0.399 e. The van der Waals surface area contributed by atoms with Crippen molar-refractivity contribution >= 4 is 28.2 Å². The van der Waals surface area contributed by atoms with Crippen LogP contribution in [0.5, 0.6) is 0 Å².